The van der Waals surface area contributed by atoms with Crippen molar-refractivity contribution in [3.05, 3.63) is 88.5 Å². The summed E-state index contributed by atoms with van der Waals surface area (Å²) in [6, 6.07) is 18.2. The van der Waals surface area contributed by atoms with Crippen molar-refractivity contribution in [2.45, 2.75) is 39.9 Å². The summed E-state index contributed by atoms with van der Waals surface area (Å²) in [4.78, 5) is 0. The van der Waals surface area contributed by atoms with Gasteiger partial charge in [-0.05, 0) is 69.2 Å². The average molecular weight is 457 g/mol. The summed E-state index contributed by atoms with van der Waals surface area (Å²) in [6.07, 6.45) is 8.28. The summed E-state index contributed by atoms with van der Waals surface area (Å²) in [5.41, 5.74) is 4.79. The van der Waals surface area contributed by atoms with E-state index in [0.29, 0.717) is 13.2 Å². The van der Waals surface area contributed by atoms with Crippen molar-refractivity contribution in [2.75, 3.05) is 13.7 Å². The Morgan fingerprint density at radius 3 is 2.50 bits per heavy atom. The van der Waals surface area contributed by atoms with Crippen LogP contribution in [0.4, 0.5) is 0 Å². The number of ether oxygens (including phenoxy) is 4. The zero-order valence-electron chi connectivity index (χ0n) is 20.6. The maximum absolute atomic E-state index is 6.21. The molecule has 0 atom stereocenters. The minimum absolute atomic E-state index is 0.338. The third-order valence-corrected chi connectivity index (χ3v) is 5.72. The lowest BCUT2D eigenvalue weighted by Crippen LogP contribution is -2.27. The van der Waals surface area contributed by atoms with Crippen LogP contribution in [-0.4, -0.2) is 19.3 Å². The lowest BCUT2D eigenvalue weighted by molar-refractivity contribution is 0.158. The molecule has 0 fully saturated rings. The Hall–Kier alpha value is -3.66. The van der Waals surface area contributed by atoms with E-state index in [1.807, 2.05) is 57.2 Å². The molecule has 0 unspecified atom stereocenters. The molecule has 0 radical (unpaired) electrons. The van der Waals surface area contributed by atoms with Crippen LogP contribution < -0.4 is 18.9 Å². The Labute approximate surface area is 202 Å². The summed E-state index contributed by atoms with van der Waals surface area (Å²) in [6.45, 7) is 9.22. The molecule has 0 saturated carbocycles. The van der Waals surface area contributed by atoms with Crippen LogP contribution in [0, 0.1) is 6.92 Å². The zero-order valence-corrected chi connectivity index (χ0v) is 20.6. The lowest BCUT2D eigenvalue weighted by Gasteiger charge is -2.29. The molecule has 4 rings (SSSR count). The van der Waals surface area contributed by atoms with E-state index in [1.54, 1.807) is 7.11 Å². The molecule has 4 nitrogen and oxygen atoms in total. The maximum Gasteiger partial charge on any atom is 0.137 e. The first-order valence-electron chi connectivity index (χ1n) is 11.6. The smallest absolute Gasteiger partial charge is 0.137 e. The van der Waals surface area contributed by atoms with E-state index in [0.717, 1.165) is 50.8 Å². The lowest BCUT2D eigenvalue weighted by atomic mass is 9.96. The van der Waals surface area contributed by atoms with Crippen LogP contribution in [0.2, 0.25) is 0 Å². The van der Waals surface area contributed by atoms with Gasteiger partial charge in [-0.2, -0.15) is 0 Å². The highest BCUT2D eigenvalue weighted by atomic mass is 16.5. The Morgan fingerprint density at radius 1 is 0.971 bits per heavy atom. The molecule has 0 saturated heterocycles. The van der Waals surface area contributed by atoms with Gasteiger partial charge in [-0.25, -0.2) is 0 Å². The zero-order chi connectivity index (χ0) is 24.1. The number of fused-ring (bicyclic) bond motifs is 1. The molecule has 3 aromatic rings. The van der Waals surface area contributed by atoms with Crippen LogP contribution in [-0.2, 0) is 6.61 Å². The Kier molecular flexibility index (Phi) is 6.97. The van der Waals surface area contributed by atoms with Gasteiger partial charge in [0.2, 0.25) is 0 Å². The minimum atomic E-state index is -0.338. The van der Waals surface area contributed by atoms with Crippen molar-refractivity contribution in [1.29, 1.82) is 0 Å². The number of aryl methyl sites for hydroxylation is 1. The fourth-order valence-electron chi connectivity index (χ4n) is 4.00. The first-order valence-corrected chi connectivity index (χ1v) is 11.6. The summed E-state index contributed by atoms with van der Waals surface area (Å²) < 4.78 is 23.9. The predicted molar refractivity (Wildman–Crippen MR) is 139 cm³/mol. The average Bonchev–Trinajstić information content (AvgIpc) is 2.82. The van der Waals surface area contributed by atoms with Crippen LogP contribution in [0.25, 0.3) is 18.2 Å². The Balaban J connectivity index is 1.68. The molecule has 0 bridgehead atoms. The quantitative estimate of drug-likeness (QED) is 0.332. The van der Waals surface area contributed by atoms with Crippen LogP contribution in [0.3, 0.4) is 0 Å². The second-order valence-corrected chi connectivity index (χ2v) is 8.83. The molecular formula is C30H32O4. The first-order chi connectivity index (χ1) is 16.4. The molecule has 0 aromatic heterocycles. The van der Waals surface area contributed by atoms with E-state index < -0.39 is 0 Å². The molecular weight excluding hydrogens is 424 g/mol. The standard InChI is InChI=1S/C30H32O4/c1-6-32-24-14-12-23(27(19-24)33-20-22-10-8-7-9-11-22)13-15-25-21(2)18-28-26(29(25)31-5)16-17-30(3,4)34-28/h7-19H,6,20H2,1-5H3/b15-13+. The van der Waals surface area contributed by atoms with E-state index in [1.165, 1.54) is 0 Å². The molecule has 3 aromatic carbocycles. The topological polar surface area (TPSA) is 36.9 Å². The van der Waals surface area contributed by atoms with Crippen molar-refractivity contribution in [3.63, 3.8) is 0 Å². The molecule has 0 amide bonds. The number of rotatable bonds is 8. The largest absolute Gasteiger partial charge is 0.495 e. The molecule has 0 N–H and O–H groups in total. The summed E-state index contributed by atoms with van der Waals surface area (Å²) in [5.74, 6) is 3.20. The minimum Gasteiger partial charge on any atom is -0.495 e. The molecule has 1 aliphatic rings. The highest BCUT2D eigenvalue weighted by Gasteiger charge is 2.25. The molecule has 176 valence electrons. The van der Waals surface area contributed by atoms with Gasteiger partial charge in [0.15, 0.2) is 0 Å². The van der Waals surface area contributed by atoms with Crippen LogP contribution in [0.1, 0.15) is 48.6 Å². The van der Waals surface area contributed by atoms with Gasteiger partial charge in [-0.15, -0.1) is 0 Å². The van der Waals surface area contributed by atoms with E-state index in [-0.39, 0.29) is 5.60 Å². The number of methoxy groups -OCH3 is 1. The fraction of sp³-hybridized carbons (Fsp3) is 0.267. The maximum atomic E-state index is 6.21. The normalized spacial score (nSPS) is 13.9. The van der Waals surface area contributed by atoms with E-state index >= 15 is 0 Å². The van der Waals surface area contributed by atoms with Crippen molar-refractivity contribution in [3.8, 4) is 23.0 Å². The van der Waals surface area contributed by atoms with Gasteiger partial charge >= 0.3 is 0 Å². The van der Waals surface area contributed by atoms with Gasteiger partial charge < -0.3 is 18.9 Å². The van der Waals surface area contributed by atoms with Gasteiger partial charge in [0, 0.05) is 17.2 Å². The van der Waals surface area contributed by atoms with Crippen LogP contribution >= 0.6 is 0 Å². The second-order valence-electron chi connectivity index (χ2n) is 8.83. The third kappa shape index (κ3) is 5.28. The molecule has 0 spiro atoms. The number of benzene rings is 3. The second kappa shape index (κ2) is 10.1. The highest BCUT2D eigenvalue weighted by Crippen LogP contribution is 2.41. The molecule has 0 aliphatic carbocycles. The number of hydrogen-bond donors (Lipinski definition) is 0. The van der Waals surface area contributed by atoms with E-state index in [9.17, 15) is 0 Å². The van der Waals surface area contributed by atoms with Gasteiger partial charge in [-0.1, -0.05) is 42.5 Å². The fourth-order valence-corrected chi connectivity index (χ4v) is 4.00. The van der Waals surface area contributed by atoms with Crippen LogP contribution in [0.5, 0.6) is 23.0 Å². The molecule has 1 aliphatic heterocycles. The van der Waals surface area contributed by atoms with E-state index in [2.05, 4.69) is 49.4 Å². The van der Waals surface area contributed by atoms with Crippen molar-refractivity contribution in [1.82, 2.24) is 0 Å². The Bertz CT molecular complexity index is 1210. The summed E-state index contributed by atoms with van der Waals surface area (Å²) in [7, 11) is 1.70. The molecule has 34 heavy (non-hydrogen) atoms. The highest BCUT2D eigenvalue weighted by molar-refractivity contribution is 5.82. The molecule has 4 heteroatoms. The molecule has 1 heterocycles. The third-order valence-electron chi connectivity index (χ3n) is 5.72. The van der Waals surface area contributed by atoms with Crippen molar-refractivity contribution < 1.29 is 18.9 Å². The SMILES string of the molecule is CCOc1ccc(/C=C/c2c(C)cc3c(c2OC)C=CC(C)(C)O3)c(OCc2ccccc2)c1. The van der Waals surface area contributed by atoms with E-state index in [4.69, 9.17) is 18.9 Å². The predicted octanol–water partition coefficient (Wildman–Crippen LogP) is 7.34. The first kappa shape index (κ1) is 23.5. The van der Waals surface area contributed by atoms with Gasteiger partial charge in [0.1, 0.15) is 35.2 Å². The van der Waals surface area contributed by atoms with Crippen molar-refractivity contribution >= 4 is 18.2 Å². The van der Waals surface area contributed by atoms with Gasteiger partial charge in [0.25, 0.3) is 0 Å². The number of hydrogen-bond acceptors (Lipinski definition) is 4. The van der Waals surface area contributed by atoms with Gasteiger partial charge in [-0.3, -0.25) is 0 Å². The Morgan fingerprint density at radius 2 is 1.76 bits per heavy atom. The van der Waals surface area contributed by atoms with Crippen molar-refractivity contribution in [2.24, 2.45) is 0 Å². The van der Waals surface area contributed by atoms with Gasteiger partial charge in [0.05, 0.1) is 19.3 Å². The van der Waals surface area contributed by atoms with Crippen LogP contribution in [0.15, 0.2) is 60.7 Å². The monoisotopic (exact) mass is 456 g/mol. The summed E-state index contributed by atoms with van der Waals surface area (Å²) >= 11 is 0. The summed E-state index contributed by atoms with van der Waals surface area (Å²) in [5, 5.41) is 0.